The number of carbonyl (C=O) groups excluding carboxylic acids is 2. The van der Waals surface area contributed by atoms with E-state index in [0.717, 1.165) is 17.5 Å². The van der Waals surface area contributed by atoms with E-state index in [4.69, 9.17) is 9.84 Å². The van der Waals surface area contributed by atoms with Crippen molar-refractivity contribution < 1.29 is 28.6 Å². The third kappa shape index (κ3) is 2.98. The topological polar surface area (TPSA) is 99.2 Å². The summed E-state index contributed by atoms with van der Waals surface area (Å²) in [6, 6.07) is 2.73. The van der Waals surface area contributed by atoms with Gasteiger partial charge in [0, 0.05) is 18.7 Å². The Morgan fingerprint density at radius 2 is 2.26 bits per heavy atom. The molecular formula is C18H18FN3O5. The molecule has 27 heavy (non-hydrogen) atoms. The first-order chi connectivity index (χ1) is 13.0. The Bertz CT molecular complexity index is 856. The second-order valence-corrected chi connectivity index (χ2v) is 6.79. The summed E-state index contributed by atoms with van der Waals surface area (Å²) in [6.07, 6.45) is 1.23. The lowest BCUT2D eigenvalue weighted by Gasteiger charge is -2.23. The summed E-state index contributed by atoms with van der Waals surface area (Å²) in [6.45, 7) is 0.966. The molecule has 1 fully saturated rings. The van der Waals surface area contributed by atoms with Crippen LogP contribution in [0.25, 0.3) is 5.57 Å². The highest BCUT2D eigenvalue weighted by Gasteiger charge is 2.47. The van der Waals surface area contributed by atoms with E-state index < -0.39 is 24.1 Å². The number of hydrogen-bond donors (Lipinski definition) is 2. The third-order valence-corrected chi connectivity index (χ3v) is 5.26. The van der Waals surface area contributed by atoms with Crippen LogP contribution in [-0.4, -0.2) is 60.4 Å². The molecule has 0 spiro atoms. The maximum absolute atomic E-state index is 14.8. The Balaban J connectivity index is 1.60. The molecule has 0 aliphatic carbocycles. The van der Waals surface area contributed by atoms with Crippen molar-refractivity contribution in [1.29, 1.82) is 0 Å². The predicted molar refractivity (Wildman–Crippen MR) is 92.9 cm³/mol. The monoisotopic (exact) mass is 375 g/mol. The van der Waals surface area contributed by atoms with Crippen LogP contribution in [0.15, 0.2) is 18.2 Å². The standard InChI is InChI=1S/C18H18FN3O5/c19-13-7-14-11(5-12(13)10-1-3-21(9-23)4-2-10)6-15-16(8-20-17(24)25)27-18(26)22(14)15/h1,5,7,9,15-16,20H,2-4,6,8H2,(H,24,25)/t15-,16-/m0/s1. The van der Waals surface area contributed by atoms with E-state index in [1.165, 1.54) is 11.0 Å². The molecule has 3 aliphatic rings. The molecular weight excluding hydrogens is 357 g/mol. The van der Waals surface area contributed by atoms with Crippen LogP contribution in [0.5, 0.6) is 0 Å². The second-order valence-electron chi connectivity index (χ2n) is 6.79. The summed E-state index contributed by atoms with van der Waals surface area (Å²) < 4.78 is 20.0. The van der Waals surface area contributed by atoms with Crippen LogP contribution in [0.1, 0.15) is 17.5 Å². The lowest BCUT2D eigenvalue weighted by molar-refractivity contribution is -0.117. The predicted octanol–water partition coefficient (Wildman–Crippen LogP) is 1.59. The largest absolute Gasteiger partial charge is 0.465 e. The van der Waals surface area contributed by atoms with E-state index in [1.807, 2.05) is 6.08 Å². The summed E-state index contributed by atoms with van der Waals surface area (Å²) in [7, 11) is 0. The van der Waals surface area contributed by atoms with Gasteiger partial charge in [-0.05, 0) is 36.1 Å². The first kappa shape index (κ1) is 17.3. The molecule has 3 aliphatic heterocycles. The molecule has 0 bridgehead atoms. The minimum Gasteiger partial charge on any atom is -0.465 e. The first-order valence-electron chi connectivity index (χ1n) is 8.65. The highest BCUT2D eigenvalue weighted by atomic mass is 19.1. The molecule has 4 rings (SSSR count). The first-order valence-corrected chi connectivity index (χ1v) is 8.65. The van der Waals surface area contributed by atoms with Gasteiger partial charge in [-0.2, -0.15) is 0 Å². The number of nitrogens with zero attached hydrogens (tertiary/aromatic N) is 2. The Morgan fingerprint density at radius 3 is 2.93 bits per heavy atom. The van der Waals surface area contributed by atoms with E-state index in [9.17, 15) is 18.8 Å². The van der Waals surface area contributed by atoms with Crippen molar-refractivity contribution in [2.75, 3.05) is 24.5 Å². The second kappa shape index (κ2) is 6.57. The van der Waals surface area contributed by atoms with Gasteiger partial charge in [-0.15, -0.1) is 0 Å². The molecule has 8 nitrogen and oxygen atoms in total. The van der Waals surface area contributed by atoms with Gasteiger partial charge in [0.2, 0.25) is 6.41 Å². The van der Waals surface area contributed by atoms with E-state index >= 15 is 0 Å². The normalized spacial score (nSPS) is 23.4. The Morgan fingerprint density at radius 1 is 1.44 bits per heavy atom. The number of amides is 3. The van der Waals surface area contributed by atoms with Crippen LogP contribution in [0.2, 0.25) is 0 Å². The van der Waals surface area contributed by atoms with Crippen LogP contribution < -0.4 is 10.2 Å². The molecule has 2 N–H and O–H groups in total. The highest BCUT2D eigenvalue weighted by molar-refractivity contribution is 5.94. The molecule has 0 unspecified atom stereocenters. The summed E-state index contributed by atoms with van der Waals surface area (Å²) in [5.74, 6) is -0.430. The molecule has 3 amide bonds. The number of nitrogens with one attached hydrogen (secondary N) is 1. The zero-order valence-electron chi connectivity index (χ0n) is 14.4. The van der Waals surface area contributed by atoms with Crippen LogP contribution in [-0.2, 0) is 16.0 Å². The number of carboxylic acid groups (broad SMARTS) is 1. The van der Waals surface area contributed by atoms with Gasteiger partial charge in [-0.1, -0.05) is 6.08 Å². The van der Waals surface area contributed by atoms with Gasteiger partial charge in [-0.3, -0.25) is 9.69 Å². The zero-order valence-corrected chi connectivity index (χ0v) is 14.4. The minimum atomic E-state index is -1.19. The summed E-state index contributed by atoms with van der Waals surface area (Å²) >= 11 is 0. The summed E-state index contributed by atoms with van der Waals surface area (Å²) in [5, 5.41) is 11.0. The Kier molecular flexibility index (Phi) is 4.21. The van der Waals surface area contributed by atoms with Gasteiger partial charge in [-0.25, -0.2) is 14.0 Å². The van der Waals surface area contributed by atoms with E-state index in [2.05, 4.69) is 5.32 Å². The number of ether oxygens (including phenoxy) is 1. The van der Waals surface area contributed by atoms with Crippen molar-refractivity contribution in [1.82, 2.24) is 10.2 Å². The smallest absolute Gasteiger partial charge is 0.415 e. The number of rotatable bonds is 4. The lowest BCUT2D eigenvalue weighted by atomic mass is 9.95. The van der Waals surface area contributed by atoms with Gasteiger partial charge in [0.25, 0.3) is 0 Å². The van der Waals surface area contributed by atoms with Crippen molar-refractivity contribution in [2.24, 2.45) is 0 Å². The molecule has 142 valence electrons. The van der Waals surface area contributed by atoms with Crippen molar-refractivity contribution in [3.05, 3.63) is 35.2 Å². The van der Waals surface area contributed by atoms with Crippen molar-refractivity contribution in [2.45, 2.75) is 25.0 Å². The zero-order chi connectivity index (χ0) is 19.1. The maximum Gasteiger partial charge on any atom is 0.415 e. The molecule has 2 atom stereocenters. The molecule has 1 aromatic carbocycles. The number of fused-ring (bicyclic) bond motifs is 3. The van der Waals surface area contributed by atoms with Crippen LogP contribution in [0.4, 0.5) is 19.7 Å². The maximum atomic E-state index is 14.8. The Labute approximate surface area is 154 Å². The fourth-order valence-corrected chi connectivity index (χ4v) is 3.92. The fourth-order valence-electron chi connectivity index (χ4n) is 3.92. The fraction of sp³-hybridized carbons (Fsp3) is 0.389. The Hall–Kier alpha value is -3.10. The number of halogens is 1. The van der Waals surface area contributed by atoms with Crippen molar-refractivity contribution in [3.63, 3.8) is 0 Å². The number of benzene rings is 1. The van der Waals surface area contributed by atoms with Gasteiger partial charge < -0.3 is 20.1 Å². The minimum absolute atomic E-state index is 0.0156. The summed E-state index contributed by atoms with van der Waals surface area (Å²) in [4.78, 5) is 36.7. The lowest BCUT2D eigenvalue weighted by Crippen LogP contribution is -2.40. The average Bonchev–Trinajstić information content (AvgIpc) is 3.16. The van der Waals surface area contributed by atoms with Gasteiger partial charge in [0.05, 0.1) is 18.3 Å². The molecule has 0 radical (unpaired) electrons. The van der Waals surface area contributed by atoms with Gasteiger partial charge in [0.1, 0.15) is 11.9 Å². The quantitative estimate of drug-likeness (QED) is 0.779. The molecule has 0 aromatic heterocycles. The van der Waals surface area contributed by atoms with Crippen LogP contribution in [0, 0.1) is 5.82 Å². The SMILES string of the molecule is O=CN1CC=C(c2cc3c(cc2F)N2C(=O)O[C@@H](CNC(=O)O)[C@@H]2C3)CC1. The third-order valence-electron chi connectivity index (χ3n) is 5.26. The van der Waals surface area contributed by atoms with E-state index in [-0.39, 0.29) is 12.6 Å². The van der Waals surface area contributed by atoms with Gasteiger partial charge in [0.15, 0.2) is 0 Å². The molecule has 9 heteroatoms. The summed E-state index contributed by atoms with van der Waals surface area (Å²) in [5.41, 5.74) is 2.61. The van der Waals surface area contributed by atoms with E-state index in [1.54, 1.807) is 11.0 Å². The van der Waals surface area contributed by atoms with Crippen LogP contribution >= 0.6 is 0 Å². The van der Waals surface area contributed by atoms with Gasteiger partial charge >= 0.3 is 12.2 Å². The molecule has 3 heterocycles. The van der Waals surface area contributed by atoms with Crippen LogP contribution in [0.3, 0.4) is 0 Å². The van der Waals surface area contributed by atoms with Crippen molar-refractivity contribution >= 4 is 29.9 Å². The highest BCUT2D eigenvalue weighted by Crippen LogP contribution is 2.41. The molecule has 1 aromatic rings. The molecule has 1 saturated heterocycles. The number of cyclic esters (lactones) is 1. The number of anilines is 1. The molecule has 0 saturated carbocycles. The number of carbonyl (C=O) groups is 3. The number of hydrogen-bond acceptors (Lipinski definition) is 4. The van der Waals surface area contributed by atoms with E-state index in [0.29, 0.717) is 37.2 Å². The average molecular weight is 375 g/mol. The van der Waals surface area contributed by atoms with Crippen molar-refractivity contribution in [3.8, 4) is 0 Å².